The van der Waals surface area contributed by atoms with Crippen LogP contribution in [0.4, 0.5) is 0 Å². The third kappa shape index (κ3) is 2.52. The first-order chi connectivity index (χ1) is 5.34. The molecule has 0 spiro atoms. The Balaban J connectivity index is 0.00000121. The van der Waals surface area contributed by atoms with E-state index in [0.29, 0.717) is 0 Å². The van der Waals surface area contributed by atoms with Crippen molar-refractivity contribution in [2.75, 3.05) is 13.6 Å². The van der Waals surface area contributed by atoms with Crippen LogP contribution in [0.1, 0.15) is 6.99 Å². The molecule has 0 aliphatic heterocycles. The average Bonchev–Trinajstić information content (AvgIpc) is 2.03. The van der Waals surface area contributed by atoms with Gasteiger partial charge in [0.2, 0.25) is 0 Å². The molecule has 0 fully saturated rings. The first-order valence-corrected chi connectivity index (χ1v) is 4.10. The summed E-state index contributed by atoms with van der Waals surface area (Å²) < 4.78 is 0. The van der Waals surface area contributed by atoms with Crippen molar-refractivity contribution >= 4 is 11.6 Å². The van der Waals surface area contributed by atoms with Crippen molar-refractivity contribution in [3.05, 3.63) is 34.9 Å². The van der Waals surface area contributed by atoms with Gasteiger partial charge < -0.3 is 5.32 Å². The molecular weight excluding hydrogens is 158 g/mol. The largest absolute Gasteiger partial charge is 0.319 e. The highest BCUT2D eigenvalue weighted by atomic mass is 35.5. The van der Waals surface area contributed by atoms with Gasteiger partial charge in [-0.25, -0.2) is 0 Å². The highest BCUT2D eigenvalue weighted by Crippen LogP contribution is 2.14. The fourth-order valence-corrected chi connectivity index (χ4v) is 1.19. The van der Waals surface area contributed by atoms with Gasteiger partial charge in [0.1, 0.15) is 0 Å². The zero-order valence-corrected chi connectivity index (χ0v) is 7.36. The molecule has 0 heterocycles. The van der Waals surface area contributed by atoms with Crippen molar-refractivity contribution < 1.29 is 1.43 Å². The Morgan fingerprint density at radius 2 is 2.18 bits per heavy atom. The van der Waals surface area contributed by atoms with Gasteiger partial charge in [0.25, 0.3) is 0 Å². The molecule has 2 heteroatoms. The van der Waals surface area contributed by atoms with Crippen LogP contribution in [0.5, 0.6) is 0 Å². The Kier molecular flexibility index (Phi) is 3.40. The maximum atomic E-state index is 5.93. The van der Waals surface area contributed by atoms with Crippen LogP contribution < -0.4 is 5.32 Å². The standard InChI is InChI=1S/C9H12ClN.H2/c1-11-7-6-8-4-2-3-5-9(8)10;/h2-5,11H,6-7H2,1H3;1H. The van der Waals surface area contributed by atoms with Crippen LogP contribution in [0.2, 0.25) is 5.02 Å². The summed E-state index contributed by atoms with van der Waals surface area (Å²) in [4.78, 5) is 0. The van der Waals surface area contributed by atoms with Crippen molar-refractivity contribution in [2.24, 2.45) is 0 Å². The summed E-state index contributed by atoms with van der Waals surface area (Å²) in [7, 11) is 1.94. The number of halogens is 1. The number of hydrogen-bond donors (Lipinski definition) is 1. The average molecular weight is 172 g/mol. The Labute approximate surface area is 73.9 Å². The molecule has 0 saturated heterocycles. The van der Waals surface area contributed by atoms with Crippen LogP contribution in [0, 0.1) is 0 Å². The molecule has 0 unspecified atom stereocenters. The van der Waals surface area contributed by atoms with E-state index in [1.807, 2.05) is 25.2 Å². The van der Waals surface area contributed by atoms with Crippen LogP contribution in [0.25, 0.3) is 0 Å². The number of benzene rings is 1. The smallest absolute Gasteiger partial charge is 0.0438 e. The van der Waals surface area contributed by atoms with Crippen molar-refractivity contribution in [1.82, 2.24) is 5.32 Å². The van der Waals surface area contributed by atoms with Crippen molar-refractivity contribution in [3.8, 4) is 0 Å². The normalized spacial score (nSPS) is 10.0. The minimum atomic E-state index is 0. The van der Waals surface area contributed by atoms with E-state index in [1.54, 1.807) is 0 Å². The summed E-state index contributed by atoms with van der Waals surface area (Å²) in [5.41, 5.74) is 1.21. The lowest BCUT2D eigenvalue weighted by atomic mass is 10.1. The second-order valence-corrected chi connectivity index (χ2v) is 2.85. The molecular formula is C9H14ClN. The van der Waals surface area contributed by atoms with Crippen LogP contribution in [-0.4, -0.2) is 13.6 Å². The Morgan fingerprint density at radius 1 is 1.45 bits per heavy atom. The number of nitrogens with one attached hydrogen (secondary N) is 1. The molecule has 62 valence electrons. The van der Waals surface area contributed by atoms with E-state index in [9.17, 15) is 0 Å². The predicted molar refractivity (Wildman–Crippen MR) is 51.2 cm³/mol. The number of rotatable bonds is 3. The monoisotopic (exact) mass is 171 g/mol. The van der Waals surface area contributed by atoms with Crippen LogP contribution in [-0.2, 0) is 6.42 Å². The van der Waals surface area contributed by atoms with Gasteiger partial charge in [-0.3, -0.25) is 0 Å². The van der Waals surface area contributed by atoms with Gasteiger partial charge in [0.05, 0.1) is 0 Å². The highest BCUT2D eigenvalue weighted by Gasteiger charge is 1.95. The van der Waals surface area contributed by atoms with E-state index in [4.69, 9.17) is 11.6 Å². The van der Waals surface area contributed by atoms with Gasteiger partial charge in [0, 0.05) is 6.45 Å². The molecule has 0 aliphatic rings. The Morgan fingerprint density at radius 3 is 2.82 bits per heavy atom. The number of likely N-dealkylation sites (N-methyl/N-ethyl adjacent to an activating group) is 1. The van der Waals surface area contributed by atoms with Gasteiger partial charge in [-0.2, -0.15) is 0 Å². The molecule has 0 saturated carbocycles. The van der Waals surface area contributed by atoms with E-state index < -0.39 is 0 Å². The van der Waals surface area contributed by atoms with E-state index in [2.05, 4.69) is 11.4 Å². The molecule has 11 heavy (non-hydrogen) atoms. The zero-order chi connectivity index (χ0) is 8.10. The maximum Gasteiger partial charge on any atom is 0.0438 e. The lowest BCUT2D eigenvalue weighted by molar-refractivity contribution is 0.792. The second kappa shape index (κ2) is 4.37. The SMILES string of the molecule is CNCCc1ccccc1Cl.[HH]. The molecule has 1 nitrogen and oxygen atoms in total. The Bertz CT molecular complexity index is 228. The maximum absolute atomic E-state index is 5.93. The molecule has 0 aliphatic carbocycles. The summed E-state index contributed by atoms with van der Waals surface area (Å²) in [5.74, 6) is 0. The minimum absolute atomic E-state index is 0. The van der Waals surface area contributed by atoms with Gasteiger partial charge in [-0.1, -0.05) is 29.8 Å². The van der Waals surface area contributed by atoms with Crippen molar-refractivity contribution in [1.29, 1.82) is 0 Å². The van der Waals surface area contributed by atoms with E-state index in [-0.39, 0.29) is 1.43 Å². The van der Waals surface area contributed by atoms with Crippen LogP contribution in [0.15, 0.2) is 24.3 Å². The van der Waals surface area contributed by atoms with Gasteiger partial charge in [-0.15, -0.1) is 0 Å². The van der Waals surface area contributed by atoms with Crippen molar-refractivity contribution in [3.63, 3.8) is 0 Å². The lowest BCUT2D eigenvalue weighted by Gasteiger charge is -2.01. The van der Waals surface area contributed by atoms with Gasteiger partial charge in [-0.05, 0) is 31.6 Å². The molecule has 0 aromatic heterocycles. The first-order valence-electron chi connectivity index (χ1n) is 3.72. The summed E-state index contributed by atoms with van der Waals surface area (Å²) in [5, 5.41) is 3.95. The summed E-state index contributed by atoms with van der Waals surface area (Å²) in [6.45, 7) is 0.976. The third-order valence-electron chi connectivity index (χ3n) is 1.60. The second-order valence-electron chi connectivity index (χ2n) is 2.44. The predicted octanol–water partition coefficient (Wildman–Crippen LogP) is 2.35. The van der Waals surface area contributed by atoms with Crippen molar-refractivity contribution in [2.45, 2.75) is 6.42 Å². The third-order valence-corrected chi connectivity index (χ3v) is 1.97. The molecule has 0 atom stereocenters. The van der Waals surface area contributed by atoms with Gasteiger partial charge in [0.15, 0.2) is 0 Å². The topological polar surface area (TPSA) is 12.0 Å². The van der Waals surface area contributed by atoms with Crippen LogP contribution >= 0.6 is 11.6 Å². The van der Waals surface area contributed by atoms with Gasteiger partial charge >= 0.3 is 0 Å². The molecule has 1 aromatic rings. The summed E-state index contributed by atoms with van der Waals surface area (Å²) >= 11 is 5.93. The molecule has 1 aromatic carbocycles. The summed E-state index contributed by atoms with van der Waals surface area (Å²) in [6, 6.07) is 7.94. The lowest BCUT2D eigenvalue weighted by Crippen LogP contribution is -2.10. The fourth-order valence-electron chi connectivity index (χ4n) is 0.961. The molecule has 1 N–H and O–H groups in total. The highest BCUT2D eigenvalue weighted by molar-refractivity contribution is 6.31. The first kappa shape index (κ1) is 8.57. The molecule has 1 rings (SSSR count). The van der Waals surface area contributed by atoms with Crippen LogP contribution in [0.3, 0.4) is 0 Å². The van der Waals surface area contributed by atoms with E-state index >= 15 is 0 Å². The Hall–Kier alpha value is -0.530. The quantitative estimate of drug-likeness (QED) is 0.737. The molecule has 0 radical (unpaired) electrons. The molecule has 0 amide bonds. The molecule has 0 bridgehead atoms. The van der Waals surface area contributed by atoms with E-state index in [1.165, 1.54) is 5.56 Å². The van der Waals surface area contributed by atoms with E-state index in [0.717, 1.165) is 18.0 Å². The zero-order valence-electron chi connectivity index (χ0n) is 6.60. The minimum Gasteiger partial charge on any atom is -0.319 e. The summed E-state index contributed by atoms with van der Waals surface area (Å²) in [6.07, 6.45) is 0.996. The number of hydrogen-bond acceptors (Lipinski definition) is 1. The fraction of sp³-hybridized carbons (Fsp3) is 0.333.